The minimum absolute atomic E-state index is 0. The SMILES string of the molecule is CCCCCCCCCCCCc1c(Oc2ccccc2)cccc1S(=O)(=O)[O-].[K+]. The van der Waals surface area contributed by atoms with E-state index in [0.29, 0.717) is 23.5 Å². The number of rotatable bonds is 14. The number of hydrogen-bond donors (Lipinski definition) is 0. The van der Waals surface area contributed by atoms with Crippen LogP contribution in [0, 0.1) is 0 Å². The van der Waals surface area contributed by atoms with Gasteiger partial charge in [-0.1, -0.05) is 89.0 Å². The van der Waals surface area contributed by atoms with Gasteiger partial charge in [0.1, 0.15) is 21.6 Å². The van der Waals surface area contributed by atoms with Crippen LogP contribution in [0.1, 0.15) is 76.7 Å². The Morgan fingerprint density at radius 3 is 1.90 bits per heavy atom. The third-order valence-corrected chi connectivity index (χ3v) is 6.03. The van der Waals surface area contributed by atoms with Gasteiger partial charge in [-0.2, -0.15) is 0 Å². The van der Waals surface area contributed by atoms with Crippen molar-refractivity contribution in [3.8, 4) is 11.5 Å². The summed E-state index contributed by atoms with van der Waals surface area (Å²) in [6.07, 6.45) is 12.5. The molecule has 6 heteroatoms. The molecule has 0 atom stereocenters. The Morgan fingerprint density at radius 2 is 1.33 bits per heavy atom. The van der Waals surface area contributed by atoms with Gasteiger partial charge in [-0.15, -0.1) is 0 Å². The fourth-order valence-electron chi connectivity index (χ4n) is 3.53. The fourth-order valence-corrected chi connectivity index (χ4v) is 4.28. The second-order valence-corrected chi connectivity index (χ2v) is 8.88. The molecular weight excluding hydrogens is 423 g/mol. The van der Waals surface area contributed by atoms with Gasteiger partial charge in [0.05, 0.1) is 4.90 Å². The van der Waals surface area contributed by atoms with Crippen molar-refractivity contribution >= 4 is 10.1 Å². The molecule has 0 bridgehead atoms. The summed E-state index contributed by atoms with van der Waals surface area (Å²) < 4.78 is 41.1. The van der Waals surface area contributed by atoms with Crippen LogP contribution in [-0.4, -0.2) is 13.0 Å². The van der Waals surface area contributed by atoms with Crippen LogP contribution in [0.3, 0.4) is 0 Å². The van der Waals surface area contributed by atoms with Crippen molar-refractivity contribution in [2.24, 2.45) is 0 Å². The quantitative estimate of drug-likeness (QED) is 0.246. The van der Waals surface area contributed by atoms with Crippen molar-refractivity contribution in [3.05, 3.63) is 54.1 Å². The van der Waals surface area contributed by atoms with Crippen LogP contribution < -0.4 is 56.1 Å². The average molecular weight is 457 g/mol. The van der Waals surface area contributed by atoms with E-state index in [2.05, 4.69) is 6.92 Å². The zero-order valence-corrected chi connectivity index (χ0v) is 22.4. The molecular formula is C24H33KO4S. The van der Waals surface area contributed by atoms with Crippen LogP contribution in [0.15, 0.2) is 53.4 Å². The third-order valence-electron chi connectivity index (χ3n) is 5.11. The van der Waals surface area contributed by atoms with Crippen LogP contribution in [0.25, 0.3) is 0 Å². The molecule has 0 aromatic heterocycles. The van der Waals surface area contributed by atoms with Crippen molar-refractivity contribution < 1.29 is 69.1 Å². The van der Waals surface area contributed by atoms with Crippen LogP contribution in [0.2, 0.25) is 0 Å². The minimum Gasteiger partial charge on any atom is -0.744 e. The fraction of sp³-hybridized carbons (Fsp3) is 0.500. The molecule has 0 unspecified atom stereocenters. The first-order valence-electron chi connectivity index (χ1n) is 10.8. The summed E-state index contributed by atoms with van der Waals surface area (Å²) in [6, 6.07) is 13.9. The Bertz CT molecular complexity index is 822. The molecule has 0 aliphatic carbocycles. The maximum atomic E-state index is 11.7. The first-order chi connectivity index (χ1) is 14.0. The Kier molecular flexibility index (Phi) is 14.4. The van der Waals surface area contributed by atoms with E-state index in [1.54, 1.807) is 12.1 Å². The molecule has 0 spiro atoms. The molecule has 0 heterocycles. The maximum absolute atomic E-state index is 11.7. The Hall–Kier alpha value is -0.214. The molecule has 2 aromatic carbocycles. The number of benzene rings is 2. The van der Waals surface area contributed by atoms with Gasteiger partial charge in [0.25, 0.3) is 0 Å². The zero-order chi connectivity index (χ0) is 21.0. The van der Waals surface area contributed by atoms with Crippen molar-refractivity contribution in [2.75, 3.05) is 0 Å². The number of unbranched alkanes of at least 4 members (excludes halogenated alkanes) is 9. The summed E-state index contributed by atoms with van der Waals surface area (Å²) in [5.41, 5.74) is 0.492. The third kappa shape index (κ3) is 10.4. The minimum atomic E-state index is -4.54. The predicted octanol–water partition coefficient (Wildman–Crippen LogP) is 3.85. The molecule has 4 nitrogen and oxygen atoms in total. The molecule has 2 aromatic rings. The molecule has 0 saturated heterocycles. The molecule has 0 fully saturated rings. The first-order valence-corrected chi connectivity index (χ1v) is 12.2. The topological polar surface area (TPSA) is 66.4 Å². The van der Waals surface area contributed by atoms with Gasteiger partial charge in [0.2, 0.25) is 0 Å². The van der Waals surface area contributed by atoms with Crippen molar-refractivity contribution in [3.63, 3.8) is 0 Å². The van der Waals surface area contributed by atoms with E-state index in [1.165, 1.54) is 51.0 Å². The molecule has 0 radical (unpaired) electrons. The molecule has 2 rings (SSSR count). The van der Waals surface area contributed by atoms with Gasteiger partial charge in [-0.25, -0.2) is 8.42 Å². The molecule has 0 amide bonds. The van der Waals surface area contributed by atoms with Crippen LogP contribution in [0.5, 0.6) is 11.5 Å². The summed E-state index contributed by atoms with van der Waals surface area (Å²) in [4.78, 5) is -0.165. The first kappa shape index (κ1) is 27.8. The Balaban J connectivity index is 0.00000450. The summed E-state index contributed by atoms with van der Waals surface area (Å²) in [5, 5.41) is 0. The molecule has 0 saturated carbocycles. The van der Waals surface area contributed by atoms with Crippen molar-refractivity contribution in [2.45, 2.75) is 82.4 Å². The van der Waals surface area contributed by atoms with Gasteiger partial charge in [0, 0.05) is 5.56 Å². The second kappa shape index (κ2) is 15.6. The largest absolute Gasteiger partial charge is 1.00 e. The maximum Gasteiger partial charge on any atom is 1.00 e. The summed E-state index contributed by atoms with van der Waals surface area (Å²) >= 11 is 0. The van der Waals surface area contributed by atoms with Gasteiger partial charge in [-0.05, 0) is 37.1 Å². The summed E-state index contributed by atoms with van der Waals surface area (Å²) in [5.74, 6) is 1.07. The van der Waals surface area contributed by atoms with Gasteiger partial charge in [0.15, 0.2) is 0 Å². The number of para-hydroxylation sites is 1. The summed E-state index contributed by atoms with van der Waals surface area (Å²) in [6.45, 7) is 2.23. The standard InChI is InChI=1S/C24H34O4S.K/c1-2-3-4-5-6-7-8-9-10-14-18-22-23(28-21-16-12-11-13-17-21)19-15-20-24(22)29(25,26)27;/h11-13,15-17,19-20H,2-10,14,18H2,1H3,(H,25,26,27);/q;+1/p-1. The molecule has 0 N–H and O–H groups in total. The van der Waals surface area contributed by atoms with E-state index < -0.39 is 10.1 Å². The second-order valence-electron chi connectivity index (χ2n) is 7.53. The Labute approximate surface area is 225 Å². The normalized spacial score (nSPS) is 11.1. The summed E-state index contributed by atoms with van der Waals surface area (Å²) in [7, 11) is -4.54. The van der Waals surface area contributed by atoms with E-state index in [0.717, 1.165) is 19.3 Å². The van der Waals surface area contributed by atoms with E-state index in [9.17, 15) is 13.0 Å². The van der Waals surface area contributed by atoms with Gasteiger partial charge >= 0.3 is 51.4 Å². The number of ether oxygens (including phenoxy) is 1. The van der Waals surface area contributed by atoms with E-state index >= 15 is 0 Å². The smallest absolute Gasteiger partial charge is 0.744 e. The molecule has 0 aliphatic rings. The van der Waals surface area contributed by atoms with E-state index in [4.69, 9.17) is 4.74 Å². The van der Waals surface area contributed by atoms with Crippen LogP contribution in [-0.2, 0) is 16.5 Å². The Morgan fingerprint density at radius 1 is 0.767 bits per heavy atom. The molecule has 30 heavy (non-hydrogen) atoms. The molecule has 0 aliphatic heterocycles. The zero-order valence-electron chi connectivity index (χ0n) is 18.4. The van der Waals surface area contributed by atoms with Gasteiger partial charge in [-0.3, -0.25) is 0 Å². The average Bonchev–Trinajstić information content (AvgIpc) is 2.70. The van der Waals surface area contributed by atoms with E-state index in [-0.39, 0.29) is 56.3 Å². The number of hydrogen-bond acceptors (Lipinski definition) is 4. The van der Waals surface area contributed by atoms with Crippen LogP contribution in [0.4, 0.5) is 0 Å². The molecule has 160 valence electrons. The van der Waals surface area contributed by atoms with Crippen molar-refractivity contribution in [1.82, 2.24) is 0 Å². The van der Waals surface area contributed by atoms with E-state index in [1.807, 2.05) is 30.3 Å². The monoisotopic (exact) mass is 456 g/mol. The van der Waals surface area contributed by atoms with Crippen molar-refractivity contribution in [1.29, 1.82) is 0 Å². The van der Waals surface area contributed by atoms with Gasteiger partial charge < -0.3 is 9.29 Å². The predicted molar refractivity (Wildman–Crippen MR) is 116 cm³/mol. The van der Waals surface area contributed by atoms with Crippen LogP contribution >= 0.6 is 0 Å².